The van der Waals surface area contributed by atoms with Crippen molar-refractivity contribution in [2.75, 3.05) is 11.9 Å². The lowest BCUT2D eigenvalue weighted by Crippen LogP contribution is -2.33. The zero-order valence-electron chi connectivity index (χ0n) is 15.2. The maximum Gasteiger partial charge on any atom is 0.294 e. The van der Waals surface area contributed by atoms with E-state index in [1.54, 1.807) is 0 Å². The molecule has 1 fully saturated rings. The van der Waals surface area contributed by atoms with Crippen LogP contribution >= 0.6 is 34.7 Å². The second-order valence-corrected chi connectivity index (χ2v) is 10.7. The highest BCUT2D eigenvalue weighted by Crippen LogP contribution is 2.33. The number of hydrogen-bond donors (Lipinski definition) is 1. The van der Waals surface area contributed by atoms with Crippen molar-refractivity contribution in [1.82, 2.24) is 4.90 Å². The Hall–Kier alpha value is -2.21. The molecule has 158 valence electrons. The van der Waals surface area contributed by atoms with Gasteiger partial charge in [-0.15, -0.1) is 22.3 Å². The molecule has 1 aromatic carbocycles. The van der Waals surface area contributed by atoms with Gasteiger partial charge in [-0.2, -0.15) is 8.42 Å². The molecule has 1 aliphatic rings. The normalized spacial score (nSPS) is 18.1. The van der Waals surface area contributed by atoms with Gasteiger partial charge in [0.25, 0.3) is 10.0 Å². The zero-order valence-corrected chi connectivity index (χ0v) is 18.5. The number of amidine groups is 1. The van der Waals surface area contributed by atoms with Gasteiger partial charge in [-0.05, 0) is 36.4 Å². The smallest absolute Gasteiger partial charge is 0.294 e. The fourth-order valence-electron chi connectivity index (χ4n) is 2.50. The Bertz CT molecular complexity index is 1120. The van der Waals surface area contributed by atoms with Crippen LogP contribution in [-0.4, -0.2) is 42.1 Å². The van der Waals surface area contributed by atoms with Gasteiger partial charge in [0.2, 0.25) is 11.8 Å². The maximum absolute atomic E-state index is 13.0. The van der Waals surface area contributed by atoms with Crippen LogP contribution in [0.5, 0.6) is 0 Å². The van der Waals surface area contributed by atoms with Crippen LogP contribution in [0, 0.1) is 5.82 Å². The molecule has 1 saturated heterocycles. The standard InChI is InChI=1S/C18H15ClFN3O4S3/c1-2-9-23-17(25)13(10-15(24)21-12-5-3-11(20)4-6-12)28-18(23)22-30(26,27)16-8-7-14(19)29-16/h2-8,13H,1,9-10H2,(H,21,24)/t13-/m0/s1. The van der Waals surface area contributed by atoms with Crippen LogP contribution in [0.4, 0.5) is 10.1 Å². The van der Waals surface area contributed by atoms with E-state index in [1.165, 1.54) is 47.4 Å². The largest absolute Gasteiger partial charge is 0.326 e. The van der Waals surface area contributed by atoms with Crippen molar-refractivity contribution in [2.24, 2.45) is 4.40 Å². The molecule has 0 aliphatic carbocycles. The highest BCUT2D eigenvalue weighted by molar-refractivity contribution is 8.16. The van der Waals surface area contributed by atoms with Gasteiger partial charge in [0.15, 0.2) is 5.17 Å². The number of carbonyl (C=O) groups excluding carboxylic acids is 2. The Labute approximate surface area is 185 Å². The minimum Gasteiger partial charge on any atom is -0.326 e. The fraction of sp³-hybridized carbons (Fsp3) is 0.167. The molecule has 12 heteroatoms. The van der Waals surface area contributed by atoms with Gasteiger partial charge in [-0.3, -0.25) is 14.5 Å². The topological polar surface area (TPSA) is 95.9 Å². The van der Waals surface area contributed by atoms with E-state index in [2.05, 4.69) is 16.3 Å². The first-order valence-corrected chi connectivity index (χ1v) is 12.0. The molecular weight excluding hydrogens is 473 g/mol. The number of nitrogens with one attached hydrogen (secondary N) is 1. The minimum absolute atomic E-state index is 0.0380. The van der Waals surface area contributed by atoms with Gasteiger partial charge in [0, 0.05) is 18.7 Å². The molecule has 2 amide bonds. The van der Waals surface area contributed by atoms with Gasteiger partial charge < -0.3 is 5.32 Å². The van der Waals surface area contributed by atoms with Crippen LogP contribution < -0.4 is 5.32 Å². The number of halogens is 2. The van der Waals surface area contributed by atoms with Gasteiger partial charge in [0.05, 0.1) is 4.34 Å². The predicted octanol–water partition coefficient (Wildman–Crippen LogP) is 3.74. The van der Waals surface area contributed by atoms with Crippen molar-refractivity contribution in [3.05, 3.63) is 59.2 Å². The molecule has 7 nitrogen and oxygen atoms in total. The highest BCUT2D eigenvalue weighted by Gasteiger charge is 2.39. The number of thioether (sulfide) groups is 1. The van der Waals surface area contributed by atoms with Crippen molar-refractivity contribution in [3.63, 3.8) is 0 Å². The number of sulfonamides is 1. The molecule has 0 radical (unpaired) electrons. The van der Waals surface area contributed by atoms with E-state index in [0.29, 0.717) is 10.0 Å². The maximum atomic E-state index is 13.0. The number of carbonyl (C=O) groups is 2. The average Bonchev–Trinajstić information content (AvgIpc) is 3.23. The Morgan fingerprint density at radius 3 is 2.60 bits per heavy atom. The van der Waals surface area contributed by atoms with Crippen LogP contribution in [0.2, 0.25) is 4.34 Å². The number of hydrogen-bond acceptors (Lipinski definition) is 6. The number of anilines is 1. The highest BCUT2D eigenvalue weighted by atomic mass is 35.5. The van der Waals surface area contributed by atoms with E-state index in [0.717, 1.165) is 23.1 Å². The first kappa shape index (κ1) is 22.5. The van der Waals surface area contributed by atoms with Crippen molar-refractivity contribution in [3.8, 4) is 0 Å². The van der Waals surface area contributed by atoms with E-state index in [4.69, 9.17) is 11.6 Å². The van der Waals surface area contributed by atoms with Crippen LogP contribution in [-0.2, 0) is 19.6 Å². The molecule has 30 heavy (non-hydrogen) atoms. The number of rotatable bonds is 7. The van der Waals surface area contributed by atoms with Crippen molar-refractivity contribution in [2.45, 2.75) is 15.9 Å². The lowest BCUT2D eigenvalue weighted by molar-refractivity contribution is -0.127. The van der Waals surface area contributed by atoms with E-state index in [-0.39, 0.29) is 22.3 Å². The molecule has 0 saturated carbocycles. The van der Waals surface area contributed by atoms with E-state index in [1.807, 2.05) is 0 Å². The molecule has 1 N–H and O–H groups in total. The van der Waals surface area contributed by atoms with E-state index in [9.17, 15) is 22.4 Å². The predicted molar refractivity (Wildman–Crippen MR) is 117 cm³/mol. The lowest BCUT2D eigenvalue weighted by atomic mass is 10.2. The summed E-state index contributed by atoms with van der Waals surface area (Å²) in [5.41, 5.74) is 0.380. The molecule has 0 bridgehead atoms. The van der Waals surface area contributed by atoms with Crippen LogP contribution in [0.25, 0.3) is 0 Å². The Morgan fingerprint density at radius 2 is 2.00 bits per heavy atom. The number of benzene rings is 1. The van der Waals surface area contributed by atoms with Crippen LogP contribution in [0.3, 0.4) is 0 Å². The summed E-state index contributed by atoms with van der Waals surface area (Å²) >= 11 is 7.54. The number of nitrogens with zero attached hydrogens (tertiary/aromatic N) is 2. The minimum atomic E-state index is -4.07. The summed E-state index contributed by atoms with van der Waals surface area (Å²) in [7, 11) is -4.07. The zero-order chi connectivity index (χ0) is 21.9. The second kappa shape index (κ2) is 9.29. The molecule has 3 rings (SSSR count). The summed E-state index contributed by atoms with van der Waals surface area (Å²) in [6.07, 6.45) is 1.22. The Balaban J connectivity index is 1.77. The summed E-state index contributed by atoms with van der Waals surface area (Å²) in [5, 5.41) is 1.68. The average molecular weight is 488 g/mol. The first-order chi connectivity index (χ1) is 14.2. The van der Waals surface area contributed by atoms with Crippen LogP contribution in [0.15, 0.2) is 57.7 Å². The quantitative estimate of drug-likeness (QED) is 0.600. The molecule has 1 aliphatic heterocycles. The number of amides is 2. The molecule has 0 unspecified atom stereocenters. The van der Waals surface area contributed by atoms with Gasteiger partial charge in [-0.1, -0.05) is 29.4 Å². The van der Waals surface area contributed by atoms with Gasteiger partial charge in [-0.25, -0.2) is 4.39 Å². The van der Waals surface area contributed by atoms with Crippen molar-refractivity contribution in [1.29, 1.82) is 0 Å². The summed E-state index contributed by atoms with van der Waals surface area (Å²) in [6.45, 7) is 3.61. The van der Waals surface area contributed by atoms with Gasteiger partial charge >= 0.3 is 0 Å². The summed E-state index contributed by atoms with van der Waals surface area (Å²) < 4.78 is 42.1. The molecule has 1 aromatic heterocycles. The van der Waals surface area contributed by atoms with E-state index < -0.39 is 32.9 Å². The SMILES string of the molecule is C=CCN1C(=O)[C@H](CC(=O)Nc2ccc(F)cc2)SC1=NS(=O)(=O)c1ccc(Cl)s1. The van der Waals surface area contributed by atoms with Crippen molar-refractivity contribution >= 4 is 67.4 Å². The molecular formula is C18H15ClFN3O4S3. The summed E-state index contributed by atoms with van der Waals surface area (Å²) in [4.78, 5) is 26.2. The number of thiophene rings is 1. The van der Waals surface area contributed by atoms with Gasteiger partial charge in [0.1, 0.15) is 15.3 Å². The first-order valence-electron chi connectivity index (χ1n) is 8.44. The van der Waals surface area contributed by atoms with Crippen molar-refractivity contribution < 1.29 is 22.4 Å². The Kier molecular flexibility index (Phi) is 6.96. The summed E-state index contributed by atoms with van der Waals surface area (Å²) in [5.74, 6) is -1.36. The second-order valence-electron chi connectivity index (χ2n) is 6.01. The molecule has 2 heterocycles. The third kappa shape index (κ3) is 5.28. The fourth-order valence-corrected chi connectivity index (χ4v) is 6.33. The third-order valence-electron chi connectivity index (χ3n) is 3.83. The Morgan fingerprint density at radius 1 is 1.30 bits per heavy atom. The van der Waals surface area contributed by atoms with Crippen LogP contribution in [0.1, 0.15) is 6.42 Å². The summed E-state index contributed by atoms with van der Waals surface area (Å²) in [6, 6.07) is 7.96. The molecule has 1 atom stereocenters. The molecule has 0 spiro atoms. The molecule has 2 aromatic rings. The monoisotopic (exact) mass is 487 g/mol. The van der Waals surface area contributed by atoms with E-state index >= 15 is 0 Å². The lowest BCUT2D eigenvalue weighted by Gasteiger charge is -2.13. The third-order valence-corrected chi connectivity index (χ3v) is 8.09.